The van der Waals surface area contributed by atoms with Crippen LogP contribution in [-0.2, 0) is 14.8 Å². The monoisotopic (exact) mass is 453 g/mol. The standard InChI is InChI=1S/C18H26F3N3O3S2/c1-11(25)23-9-10-28-17-13(19)14(20)18(29(22,26)27)16(15(17)21)24-12-7-5-3-2-4-6-8-12/h12,24H,2-10H2,1H3,(H,23,25)(H2,22,26,27). The number of primary sulfonamides is 1. The summed E-state index contributed by atoms with van der Waals surface area (Å²) in [7, 11) is -4.71. The number of benzene rings is 1. The molecular formula is C18H26F3N3O3S2. The summed E-state index contributed by atoms with van der Waals surface area (Å²) in [5.74, 6) is -4.74. The van der Waals surface area contributed by atoms with Gasteiger partial charge >= 0.3 is 0 Å². The van der Waals surface area contributed by atoms with Crippen LogP contribution in [0.4, 0.5) is 18.9 Å². The molecule has 0 radical (unpaired) electrons. The van der Waals surface area contributed by atoms with Crippen LogP contribution in [0.5, 0.6) is 0 Å². The zero-order chi connectivity index (χ0) is 21.6. The molecule has 1 aliphatic carbocycles. The topological polar surface area (TPSA) is 101 Å². The van der Waals surface area contributed by atoms with Gasteiger partial charge in [0.15, 0.2) is 17.5 Å². The molecule has 1 amide bonds. The van der Waals surface area contributed by atoms with E-state index in [1.807, 2.05) is 0 Å². The Morgan fingerprint density at radius 1 is 1.07 bits per heavy atom. The van der Waals surface area contributed by atoms with Crippen LogP contribution in [-0.4, -0.2) is 32.7 Å². The lowest BCUT2D eigenvalue weighted by Crippen LogP contribution is -2.26. The lowest BCUT2D eigenvalue weighted by atomic mass is 9.96. The fourth-order valence-corrected chi connectivity index (χ4v) is 4.95. The van der Waals surface area contributed by atoms with E-state index in [4.69, 9.17) is 5.14 Å². The van der Waals surface area contributed by atoms with Gasteiger partial charge in [-0.15, -0.1) is 11.8 Å². The average Bonchev–Trinajstić information content (AvgIpc) is 2.59. The highest BCUT2D eigenvalue weighted by atomic mass is 32.2. The fourth-order valence-electron chi connectivity index (χ4n) is 3.33. The van der Waals surface area contributed by atoms with Gasteiger partial charge in [-0.1, -0.05) is 32.1 Å². The number of halogens is 3. The Hall–Kier alpha value is -1.46. The molecule has 0 aliphatic heterocycles. The zero-order valence-electron chi connectivity index (χ0n) is 16.2. The number of anilines is 1. The summed E-state index contributed by atoms with van der Waals surface area (Å²) in [6, 6.07) is -0.271. The summed E-state index contributed by atoms with van der Waals surface area (Å²) in [5, 5.41) is 10.3. The fraction of sp³-hybridized carbons (Fsp3) is 0.611. The third kappa shape index (κ3) is 6.51. The number of thioether (sulfide) groups is 1. The minimum atomic E-state index is -4.71. The number of carbonyl (C=O) groups excluding carboxylic acids is 1. The van der Waals surface area contributed by atoms with Gasteiger partial charge in [0.1, 0.15) is 4.90 Å². The molecule has 11 heteroatoms. The van der Waals surface area contributed by atoms with E-state index < -0.39 is 43.0 Å². The van der Waals surface area contributed by atoms with E-state index in [0.717, 1.165) is 32.1 Å². The van der Waals surface area contributed by atoms with Crippen molar-refractivity contribution in [2.75, 3.05) is 17.6 Å². The van der Waals surface area contributed by atoms with Crippen LogP contribution in [0.1, 0.15) is 51.9 Å². The predicted octanol–water partition coefficient (Wildman–Crippen LogP) is 3.50. The minimum Gasteiger partial charge on any atom is -0.379 e. The van der Waals surface area contributed by atoms with Gasteiger partial charge < -0.3 is 10.6 Å². The number of carbonyl (C=O) groups is 1. The molecule has 1 aromatic rings. The molecule has 0 atom stereocenters. The van der Waals surface area contributed by atoms with E-state index in [9.17, 15) is 22.0 Å². The second kappa shape index (κ2) is 10.5. The number of sulfonamides is 1. The van der Waals surface area contributed by atoms with Crippen LogP contribution >= 0.6 is 11.8 Å². The van der Waals surface area contributed by atoms with Crippen LogP contribution in [0.2, 0.25) is 0 Å². The summed E-state index contributed by atoms with van der Waals surface area (Å²) in [6.45, 7) is 1.41. The van der Waals surface area contributed by atoms with E-state index >= 15 is 4.39 Å². The van der Waals surface area contributed by atoms with Gasteiger partial charge in [-0.3, -0.25) is 4.79 Å². The number of rotatable bonds is 7. The maximum atomic E-state index is 15.1. The van der Waals surface area contributed by atoms with E-state index in [0.29, 0.717) is 24.6 Å². The summed E-state index contributed by atoms with van der Waals surface area (Å²) < 4.78 is 68.0. The highest BCUT2D eigenvalue weighted by Gasteiger charge is 2.32. The molecule has 0 aromatic heterocycles. The Morgan fingerprint density at radius 3 is 2.21 bits per heavy atom. The molecule has 0 saturated heterocycles. The SMILES string of the molecule is CC(=O)NCCSc1c(F)c(F)c(S(N)(=O)=O)c(NC2CCCCCCC2)c1F. The largest absolute Gasteiger partial charge is 0.379 e. The normalized spacial score (nSPS) is 16.2. The molecule has 0 spiro atoms. The van der Waals surface area contributed by atoms with Crippen LogP contribution in [0, 0.1) is 17.5 Å². The molecular weight excluding hydrogens is 427 g/mol. The second-order valence-corrected chi connectivity index (χ2v) is 9.64. The number of hydrogen-bond donors (Lipinski definition) is 3. The van der Waals surface area contributed by atoms with Crippen LogP contribution in [0.3, 0.4) is 0 Å². The maximum Gasteiger partial charge on any atom is 0.243 e. The Bertz CT molecular complexity index is 843. The lowest BCUT2D eigenvalue weighted by Gasteiger charge is -2.24. The molecule has 1 aromatic carbocycles. The van der Waals surface area contributed by atoms with Crippen molar-refractivity contribution in [3.63, 3.8) is 0 Å². The molecule has 164 valence electrons. The number of nitrogens with two attached hydrogens (primary N) is 1. The van der Waals surface area contributed by atoms with Gasteiger partial charge in [0.25, 0.3) is 0 Å². The van der Waals surface area contributed by atoms with Gasteiger partial charge in [-0.2, -0.15) is 0 Å². The molecule has 0 heterocycles. The third-order valence-electron chi connectivity index (χ3n) is 4.70. The average molecular weight is 454 g/mol. The molecule has 6 nitrogen and oxygen atoms in total. The molecule has 1 saturated carbocycles. The third-order valence-corrected chi connectivity index (χ3v) is 6.71. The Morgan fingerprint density at radius 2 is 1.66 bits per heavy atom. The second-order valence-electron chi connectivity index (χ2n) is 7.04. The predicted molar refractivity (Wildman–Crippen MR) is 107 cm³/mol. The minimum absolute atomic E-state index is 0.0739. The number of amides is 1. The summed E-state index contributed by atoms with van der Waals surface area (Å²) in [6.07, 6.45) is 6.16. The van der Waals surface area contributed by atoms with Crippen molar-refractivity contribution >= 4 is 33.4 Å². The highest BCUT2D eigenvalue weighted by Crippen LogP contribution is 2.38. The van der Waals surface area contributed by atoms with Gasteiger partial charge in [0.05, 0.1) is 10.6 Å². The van der Waals surface area contributed by atoms with Crippen molar-refractivity contribution in [3.8, 4) is 0 Å². The highest BCUT2D eigenvalue weighted by molar-refractivity contribution is 7.99. The van der Waals surface area contributed by atoms with E-state index in [-0.39, 0.29) is 24.2 Å². The Balaban J connectivity index is 2.40. The first-order valence-corrected chi connectivity index (χ1v) is 12.0. The first-order chi connectivity index (χ1) is 13.6. The first kappa shape index (κ1) is 23.8. The molecule has 29 heavy (non-hydrogen) atoms. The van der Waals surface area contributed by atoms with Crippen molar-refractivity contribution in [3.05, 3.63) is 17.5 Å². The van der Waals surface area contributed by atoms with Crippen LogP contribution in [0.25, 0.3) is 0 Å². The van der Waals surface area contributed by atoms with Crippen LogP contribution in [0.15, 0.2) is 9.79 Å². The zero-order valence-corrected chi connectivity index (χ0v) is 17.8. The maximum absolute atomic E-state index is 15.1. The molecule has 4 N–H and O–H groups in total. The summed E-state index contributed by atoms with van der Waals surface area (Å²) in [4.78, 5) is 9.07. The van der Waals surface area contributed by atoms with E-state index in [1.54, 1.807) is 0 Å². The lowest BCUT2D eigenvalue weighted by molar-refractivity contribution is -0.118. The number of hydrogen-bond acceptors (Lipinski definition) is 5. The van der Waals surface area contributed by atoms with Gasteiger partial charge in [-0.25, -0.2) is 26.7 Å². The summed E-state index contributed by atoms with van der Waals surface area (Å²) >= 11 is 0.652. The van der Waals surface area contributed by atoms with E-state index in [2.05, 4.69) is 10.6 Å². The van der Waals surface area contributed by atoms with Crippen LogP contribution < -0.4 is 15.8 Å². The first-order valence-electron chi connectivity index (χ1n) is 9.50. The molecule has 1 fully saturated rings. The van der Waals surface area contributed by atoms with Crippen molar-refractivity contribution in [2.24, 2.45) is 5.14 Å². The summed E-state index contributed by atoms with van der Waals surface area (Å²) in [5.41, 5.74) is -0.626. The quantitative estimate of drug-likeness (QED) is 0.333. The van der Waals surface area contributed by atoms with Gasteiger partial charge in [-0.05, 0) is 12.8 Å². The molecule has 2 rings (SSSR count). The number of nitrogens with one attached hydrogen (secondary N) is 2. The van der Waals surface area contributed by atoms with Crippen molar-refractivity contribution in [2.45, 2.75) is 67.7 Å². The Kier molecular flexibility index (Phi) is 8.65. The van der Waals surface area contributed by atoms with Crippen molar-refractivity contribution < 1.29 is 26.4 Å². The molecule has 0 bridgehead atoms. The van der Waals surface area contributed by atoms with Crippen molar-refractivity contribution in [1.29, 1.82) is 0 Å². The Labute approximate surface area is 173 Å². The molecule has 0 unspecified atom stereocenters. The molecule has 1 aliphatic rings. The van der Waals surface area contributed by atoms with Gasteiger partial charge in [0.2, 0.25) is 15.9 Å². The van der Waals surface area contributed by atoms with E-state index in [1.165, 1.54) is 6.92 Å². The van der Waals surface area contributed by atoms with Crippen molar-refractivity contribution in [1.82, 2.24) is 5.32 Å². The smallest absolute Gasteiger partial charge is 0.243 e. The van der Waals surface area contributed by atoms with Gasteiger partial charge in [0, 0.05) is 25.3 Å².